The molecule has 2 aromatic carbocycles. The quantitative estimate of drug-likeness (QED) is 0.753. The summed E-state index contributed by atoms with van der Waals surface area (Å²) in [6, 6.07) is 9.37. The molecule has 4 nitrogen and oxygen atoms in total. The lowest BCUT2D eigenvalue weighted by molar-refractivity contribution is -0.0934. The molecule has 1 fully saturated rings. The number of phenols is 1. The molecule has 0 bridgehead atoms. The summed E-state index contributed by atoms with van der Waals surface area (Å²) < 4.78 is 27.9. The van der Waals surface area contributed by atoms with Crippen molar-refractivity contribution < 1.29 is 24.1 Å². The van der Waals surface area contributed by atoms with Crippen LogP contribution in [-0.4, -0.2) is 39.1 Å². The van der Waals surface area contributed by atoms with Crippen molar-refractivity contribution in [2.75, 3.05) is 6.54 Å². The molecule has 1 aliphatic heterocycles. The molecule has 1 saturated carbocycles. The van der Waals surface area contributed by atoms with E-state index in [1.54, 1.807) is 29.2 Å². The summed E-state index contributed by atoms with van der Waals surface area (Å²) in [7, 11) is 0. The highest BCUT2D eigenvalue weighted by molar-refractivity contribution is 5.70. The molecule has 6 heteroatoms. The lowest BCUT2D eigenvalue weighted by atomic mass is 10.0. The SMILES string of the molecule is Oc1cccc([C@@H]2C=C(c3cc(F)ccc3F)CN2C(O)[C@@H](O)C2CC2)c1. The summed E-state index contributed by atoms with van der Waals surface area (Å²) in [5, 5.41) is 30.9. The van der Waals surface area contributed by atoms with Crippen LogP contribution in [0.2, 0.25) is 0 Å². The number of nitrogens with zero attached hydrogens (tertiary/aromatic N) is 1. The Morgan fingerprint density at radius 3 is 2.52 bits per heavy atom. The first-order valence-electron chi connectivity index (χ1n) is 9.01. The first-order valence-corrected chi connectivity index (χ1v) is 9.01. The number of hydrogen-bond acceptors (Lipinski definition) is 4. The molecule has 2 aliphatic rings. The summed E-state index contributed by atoms with van der Waals surface area (Å²) in [6.07, 6.45) is 1.42. The van der Waals surface area contributed by atoms with E-state index in [4.69, 9.17) is 0 Å². The van der Waals surface area contributed by atoms with Crippen LogP contribution in [0.3, 0.4) is 0 Å². The first kappa shape index (κ1) is 18.1. The van der Waals surface area contributed by atoms with E-state index < -0.39 is 30.0 Å². The summed E-state index contributed by atoms with van der Waals surface area (Å²) in [4.78, 5) is 1.65. The second-order valence-corrected chi connectivity index (χ2v) is 7.27. The molecule has 0 amide bonds. The number of phenolic OH excluding ortho intramolecular Hbond substituents is 1. The standard InChI is InChI=1S/C21H21F2NO3/c22-15-6-7-18(23)17(10-15)14-9-19(13-2-1-3-16(25)8-13)24(11-14)21(27)20(26)12-4-5-12/h1-3,6-10,12,19-21,25-27H,4-5,11H2/t19-,20-,21?/m0/s1. The van der Waals surface area contributed by atoms with Crippen LogP contribution < -0.4 is 0 Å². The highest BCUT2D eigenvalue weighted by Crippen LogP contribution is 2.41. The van der Waals surface area contributed by atoms with Crippen molar-refractivity contribution in [2.45, 2.75) is 31.2 Å². The zero-order valence-corrected chi connectivity index (χ0v) is 14.6. The second-order valence-electron chi connectivity index (χ2n) is 7.27. The Labute approximate surface area is 156 Å². The van der Waals surface area contributed by atoms with E-state index in [2.05, 4.69) is 0 Å². The largest absolute Gasteiger partial charge is 0.508 e. The van der Waals surface area contributed by atoms with E-state index in [1.165, 1.54) is 6.07 Å². The maximum Gasteiger partial charge on any atom is 0.134 e. The normalized spacial score (nSPS) is 22.5. The molecule has 0 spiro atoms. The summed E-state index contributed by atoms with van der Waals surface area (Å²) >= 11 is 0. The van der Waals surface area contributed by atoms with Gasteiger partial charge in [-0.2, -0.15) is 0 Å². The zero-order valence-electron chi connectivity index (χ0n) is 14.6. The van der Waals surface area contributed by atoms with Gasteiger partial charge < -0.3 is 15.3 Å². The van der Waals surface area contributed by atoms with Gasteiger partial charge in [-0.1, -0.05) is 18.2 Å². The van der Waals surface area contributed by atoms with Gasteiger partial charge in [-0.25, -0.2) is 8.78 Å². The van der Waals surface area contributed by atoms with Crippen LogP contribution in [0.25, 0.3) is 5.57 Å². The number of aromatic hydroxyl groups is 1. The molecule has 1 aliphatic carbocycles. The summed E-state index contributed by atoms with van der Waals surface area (Å²) in [6.45, 7) is 0.158. The Balaban J connectivity index is 1.71. The fraction of sp³-hybridized carbons (Fsp3) is 0.333. The van der Waals surface area contributed by atoms with Crippen molar-refractivity contribution in [3.05, 3.63) is 71.3 Å². The molecule has 0 saturated heterocycles. The van der Waals surface area contributed by atoms with Gasteiger partial charge in [0.1, 0.15) is 23.6 Å². The summed E-state index contributed by atoms with van der Waals surface area (Å²) in [5.41, 5.74) is 1.36. The van der Waals surface area contributed by atoms with E-state index in [0.29, 0.717) is 11.1 Å². The molecule has 2 aromatic rings. The van der Waals surface area contributed by atoms with Crippen LogP contribution >= 0.6 is 0 Å². The van der Waals surface area contributed by atoms with Gasteiger partial charge >= 0.3 is 0 Å². The molecule has 142 valence electrons. The smallest absolute Gasteiger partial charge is 0.134 e. The van der Waals surface area contributed by atoms with Crippen LogP contribution in [0.4, 0.5) is 8.78 Å². The van der Waals surface area contributed by atoms with E-state index >= 15 is 0 Å². The maximum absolute atomic E-state index is 14.3. The van der Waals surface area contributed by atoms with E-state index in [0.717, 1.165) is 31.0 Å². The van der Waals surface area contributed by atoms with E-state index in [1.807, 2.05) is 0 Å². The van der Waals surface area contributed by atoms with Gasteiger partial charge in [0.25, 0.3) is 0 Å². The number of aliphatic hydroxyl groups excluding tert-OH is 2. The van der Waals surface area contributed by atoms with Crippen molar-refractivity contribution in [3.63, 3.8) is 0 Å². The Morgan fingerprint density at radius 1 is 1.04 bits per heavy atom. The van der Waals surface area contributed by atoms with E-state index in [9.17, 15) is 24.1 Å². The van der Waals surface area contributed by atoms with Gasteiger partial charge in [0.2, 0.25) is 0 Å². The zero-order chi connectivity index (χ0) is 19.1. The monoisotopic (exact) mass is 373 g/mol. The number of hydrogen-bond donors (Lipinski definition) is 3. The predicted molar refractivity (Wildman–Crippen MR) is 96.6 cm³/mol. The van der Waals surface area contributed by atoms with Crippen molar-refractivity contribution in [1.29, 1.82) is 0 Å². The fourth-order valence-electron chi connectivity index (χ4n) is 3.68. The third kappa shape index (κ3) is 3.60. The Morgan fingerprint density at radius 2 is 1.81 bits per heavy atom. The Bertz CT molecular complexity index is 881. The van der Waals surface area contributed by atoms with E-state index in [-0.39, 0.29) is 23.8 Å². The second kappa shape index (κ2) is 7.03. The lowest BCUT2D eigenvalue weighted by Gasteiger charge is -2.33. The highest BCUT2D eigenvalue weighted by Gasteiger charge is 2.41. The van der Waals surface area contributed by atoms with Gasteiger partial charge in [0, 0.05) is 12.1 Å². The van der Waals surface area contributed by atoms with Gasteiger partial charge in [-0.15, -0.1) is 0 Å². The van der Waals surface area contributed by atoms with Crippen LogP contribution in [0.1, 0.15) is 30.0 Å². The molecule has 3 N–H and O–H groups in total. The molecule has 27 heavy (non-hydrogen) atoms. The minimum absolute atomic E-state index is 0.0554. The minimum Gasteiger partial charge on any atom is -0.508 e. The average molecular weight is 373 g/mol. The number of halogens is 2. The Hall–Kier alpha value is -2.28. The predicted octanol–water partition coefficient (Wildman–Crippen LogP) is 3.20. The van der Waals surface area contributed by atoms with Gasteiger partial charge in [-0.05, 0) is 60.2 Å². The first-order chi connectivity index (χ1) is 12.9. The van der Waals surface area contributed by atoms with Crippen LogP contribution in [-0.2, 0) is 0 Å². The molecule has 0 aromatic heterocycles. The minimum atomic E-state index is -1.14. The average Bonchev–Trinajstić information content (AvgIpc) is 3.41. The highest BCUT2D eigenvalue weighted by atomic mass is 19.1. The number of benzene rings is 2. The van der Waals surface area contributed by atoms with Crippen molar-refractivity contribution in [1.82, 2.24) is 4.90 Å². The third-order valence-electron chi connectivity index (χ3n) is 5.31. The van der Waals surface area contributed by atoms with Crippen molar-refractivity contribution >= 4 is 5.57 Å². The van der Waals surface area contributed by atoms with Crippen LogP contribution in [0, 0.1) is 17.6 Å². The number of rotatable bonds is 5. The third-order valence-corrected chi connectivity index (χ3v) is 5.31. The van der Waals surface area contributed by atoms with Crippen molar-refractivity contribution in [3.8, 4) is 5.75 Å². The molecule has 1 unspecified atom stereocenters. The lowest BCUT2D eigenvalue weighted by Crippen LogP contribution is -2.44. The maximum atomic E-state index is 14.3. The summed E-state index contributed by atoms with van der Waals surface area (Å²) in [5.74, 6) is -0.960. The molecule has 3 atom stereocenters. The molecular formula is C21H21F2NO3. The molecule has 1 heterocycles. The Kier molecular flexibility index (Phi) is 4.72. The van der Waals surface area contributed by atoms with Crippen molar-refractivity contribution in [2.24, 2.45) is 5.92 Å². The van der Waals surface area contributed by atoms with Gasteiger partial charge in [-0.3, -0.25) is 4.90 Å². The van der Waals surface area contributed by atoms with Crippen LogP contribution in [0.15, 0.2) is 48.5 Å². The molecular weight excluding hydrogens is 352 g/mol. The van der Waals surface area contributed by atoms with Gasteiger partial charge in [0.15, 0.2) is 0 Å². The fourth-order valence-corrected chi connectivity index (χ4v) is 3.68. The molecule has 0 radical (unpaired) electrons. The van der Waals surface area contributed by atoms with Crippen LogP contribution in [0.5, 0.6) is 5.75 Å². The van der Waals surface area contributed by atoms with Gasteiger partial charge in [0.05, 0.1) is 12.1 Å². The topological polar surface area (TPSA) is 63.9 Å². The number of aliphatic hydroxyl groups is 2. The molecule has 4 rings (SSSR count).